The molecule has 5 nitrogen and oxygen atoms in total. The molecule has 0 bridgehead atoms. The van der Waals surface area contributed by atoms with E-state index in [4.69, 9.17) is 0 Å². The highest BCUT2D eigenvalue weighted by molar-refractivity contribution is 5.26. The van der Waals surface area contributed by atoms with Crippen LogP contribution in [0.4, 0.5) is 0 Å². The summed E-state index contributed by atoms with van der Waals surface area (Å²) in [5, 5.41) is 15.7. The Morgan fingerprint density at radius 1 is 1.26 bits per heavy atom. The van der Waals surface area contributed by atoms with Crippen LogP contribution in [0.5, 0.6) is 0 Å². The number of nitrogens with one attached hydrogen (secondary N) is 1. The fourth-order valence-corrected chi connectivity index (χ4v) is 2.24. The van der Waals surface area contributed by atoms with Crippen LogP contribution in [-0.2, 0) is 19.9 Å². The van der Waals surface area contributed by atoms with Gasteiger partial charge < -0.3 is 5.32 Å². The first-order chi connectivity index (χ1) is 9.19. The Balaban J connectivity index is 2.06. The van der Waals surface area contributed by atoms with Crippen LogP contribution in [0.25, 0.3) is 0 Å². The van der Waals surface area contributed by atoms with Crippen LogP contribution in [0.3, 0.4) is 0 Å². The van der Waals surface area contributed by atoms with E-state index in [-0.39, 0.29) is 0 Å². The number of benzene rings is 1. The second kappa shape index (κ2) is 6.43. The van der Waals surface area contributed by atoms with Gasteiger partial charge in [-0.25, -0.2) is 0 Å². The molecule has 0 aliphatic heterocycles. The summed E-state index contributed by atoms with van der Waals surface area (Å²) in [4.78, 5) is 1.51. The zero-order chi connectivity index (χ0) is 13.7. The minimum atomic E-state index is 0.343. The summed E-state index contributed by atoms with van der Waals surface area (Å²) in [6.07, 6.45) is 1.79. The van der Waals surface area contributed by atoms with Gasteiger partial charge in [-0.1, -0.05) is 31.2 Å². The number of nitrogens with zero attached hydrogens (tertiary/aromatic N) is 4. The van der Waals surface area contributed by atoms with Crippen molar-refractivity contribution in [3.05, 3.63) is 41.2 Å². The largest absolute Gasteiger partial charge is 0.313 e. The molecule has 1 atom stereocenters. The fourth-order valence-electron chi connectivity index (χ4n) is 2.24. The van der Waals surface area contributed by atoms with Crippen LogP contribution in [0, 0.1) is 6.92 Å². The van der Waals surface area contributed by atoms with Crippen LogP contribution in [0.15, 0.2) is 24.3 Å². The average Bonchev–Trinajstić information content (AvgIpc) is 2.78. The van der Waals surface area contributed by atoms with Gasteiger partial charge in [-0.15, -0.1) is 10.2 Å². The summed E-state index contributed by atoms with van der Waals surface area (Å²) < 4.78 is 0. The standard InChI is InChI=1S/C14H21N5/c1-4-15-13(10-14-16-18-19(3)17-14)9-12-8-6-5-7-11(12)2/h5-8,13,15H,4,9-10H2,1-3H3. The van der Waals surface area contributed by atoms with Gasteiger partial charge in [-0.3, -0.25) is 0 Å². The molecule has 19 heavy (non-hydrogen) atoms. The third-order valence-electron chi connectivity index (χ3n) is 3.20. The minimum absolute atomic E-state index is 0.343. The van der Waals surface area contributed by atoms with Crippen LogP contribution < -0.4 is 5.32 Å². The fraction of sp³-hybridized carbons (Fsp3) is 0.500. The molecule has 0 fully saturated rings. The lowest BCUT2D eigenvalue weighted by Crippen LogP contribution is -2.33. The molecule has 102 valence electrons. The molecule has 5 heteroatoms. The molecule has 0 radical (unpaired) electrons. The van der Waals surface area contributed by atoms with Gasteiger partial charge in [0.05, 0.1) is 7.05 Å². The predicted octanol–water partition coefficient (Wildman–Crippen LogP) is 1.28. The molecule has 0 amide bonds. The summed E-state index contributed by atoms with van der Waals surface area (Å²) in [5.41, 5.74) is 2.70. The smallest absolute Gasteiger partial charge is 0.176 e. The number of likely N-dealkylation sites (N-methyl/N-ethyl adjacent to an activating group) is 1. The lowest BCUT2D eigenvalue weighted by Gasteiger charge is -2.17. The van der Waals surface area contributed by atoms with Crippen molar-refractivity contribution in [3.63, 3.8) is 0 Å². The van der Waals surface area contributed by atoms with Gasteiger partial charge in [-0.05, 0) is 36.2 Å². The topological polar surface area (TPSA) is 55.6 Å². The second-order valence-corrected chi connectivity index (χ2v) is 4.78. The van der Waals surface area contributed by atoms with Crippen molar-refractivity contribution in [3.8, 4) is 0 Å². The molecule has 0 aliphatic rings. The van der Waals surface area contributed by atoms with Crippen LogP contribution >= 0.6 is 0 Å². The van der Waals surface area contributed by atoms with E-state index in [0.29, 0.717) is 6.04 Å². The van der Waals surface area contributed by atoms with Gasteiger partial charge in [0.2, 0.25) is 0 Å². The van der Waals surface area contributed by atoms with E-state index in [2.05, 4.69) is 58.8 Å². The second-order valence-electron chi connectivity index (χ2n) is 4.78. The zero-order valence-electron chi connectivity index (χ0n) is 11.8. The Kier molecular flexibility index (Phi) is 4.63. The molecule has 1 heterocycles. The maximum atomic E-state index is 4.25. The number of hydrogen-bond acceptors (Lipinski definition) is 4. The lowest BCUT2D eigenvalue weighted by atomic mass is 9.99. The average molecular weight is 259 g/mol. The Morgan fingerprint density at radius 3 is 2.68 bits per heavy atom. The molecule has 0 saturated carbocycles. The molecule has 1 unspecified atom stereocenters. The van der Waals surface area contributed by atoms with Crippen LogP contribution in [0.2, 0.25) is 0 Å². The van der Waals surface area contributed by atoms with Gasteiger partial charge in [0.1, 0.15) is 0 Å². The molecule has 0 saturated heterocycles. The SMILES string of the molecule is CCNC(Cc1nnn(C)n1)Cc1ccccc1C. The Hall–Kier alpha value is -1.75. The normalized spacial score (nSPS) is 12.6. The first-order valence-corrected chi connectivity index (χ1v) is 6.69. The summed E-state index contributed by atoms with van der Waals surface area (Å²) in [6, 6.07) is 8.84. The first-order valence-electron chi connectivity index (χ1n) is 6.69. The van der Waals surface area contributed by atoms with Crippen molar-refractivity contribution < 1.29 is 0 Å². The number of tetrazole rings is 1. The predicted molar refractivity (Wildman–Crippen MR) is 74.8 cm³/mol. The third-order valence-corrected chi connectivity index (χ3v) is 3.20. The Labute approximate surface area is 114 Å². The highest BCUT2D eigenvalue weighted by atomic mass is 15.6. The van der Waals surface area contributed by atoms with E-state index in [1.54, 1.807) is 7.05 Å². The molecule has 1 aromatic carbocycles. The van der Waals surface area contributed by atoms with Gasteiger partial charge >= 0.3 is 0 Å². The molecule has 2 aromatic rings. The zero-order valence-corrected chi connectivity index (χ0v) is 11.8. The van der Waals surface area contributed by atoms with Crippen molar-refractivity contribution in [2.45, 2.75) is 32.7 Å². The van der Waals surface area contributed by atoms with Gasteiger partial charge in [0, 0.05) is 12.5 Å². The summed E-state index contributed by atoms with van der Waals surface area (Å²) >= 11 is 0. The van der Waals surface area contributed by atoms with E-state index in [1.165, 1.54) is 15.9 Å². The summed E-state index contributed by atoms with van der Waals surface area (Å²) in [5.74, 6) is 0.794. The maximum Gasteiger partial charge on any atom is 0.176 e. The summed E-state index contributed by atoms with van der Waals surface area (Å²) in [6.45, 7) is 5.21. The van der Waals surface area contributed by atoms with E-state index < -0.39 is 0 Å². The first kappa shape index (κ1) is 13.7. The Bertz CT molecular complexity index is 520. The van der Waals surface area contributed by atoms with Crippen LogP contribution in [0.1, 0.15) is 23.9 Å². The van der Waals surface area contributed by atoms with E-state index in [0.717, 1.165) is 25.2 Å². The lowest BCUT2D eigenvalue weighted by molar-refractivity contribution is 0.508. The van der Waals surface area contributed by atoms with E-state index in [9.17, 15) is 0 Å². The molecule has 1 aromatic heterocycles. The van der Waals surface area contributed by atoms with E-state index in [1.807, 2.05) is 0 Å². The molecule has 0 spiro atoms. The van der Waals surface area contributed by atoms with Gasteiger partial charge in [-0.2, -0.15) is 4.80 Å². The van der Waals surface area contributed by atoms with Crippen molar-refractivity contribution in [1.29, 1.82) is 0 Å². The number of rotatable bonds is 6. The highest BCUT2D eigenvalue weighted by Crippen LogP contribution is 2.11. The molecular formula is C14H21N5. The maximum absolute atomic E-state index is 4.25. The molecule has 1 N–H and O–H groups in total. The van der Waals surface area contributed by atoms with Crippen molar-refractivity contribution >= 4 is 0 Å². The van der Waals surface area contributed by atoms with Gasteiger partial charge in [0.25, 0.3) is 0 Å². The Morgan fingerprint density at radius 2 is 2.05 bits per heavy atom. The van der Waals surface area contributed by atoms with Crippen LogP contribution in [-0.4, -0.2) is 32.8 Å². The molecule has 2 rings (SSSR count). The van der Waals surface area contributed by atoms with Crippen molar-refractivity contribution in [1.82, 2.24) is 25.5 Å². The molecule has 0 aliphatic carbocycles. The quantitative estimate of drug-likeness (QED) is 0.849. The number of hydrogen-bond donors (Lipinski definition) is 1. The monoisotopic (exact) mass is 259 g/mol. The number of aryl methyl sites for hydroxylation is 2. The van der Waals surface area contributed by atoms with Crippen molar-refractivity contribution in [2.24, 2.45) is 7.05 Å². The number of aromatic nitrogens is 4. The highest BCUT2D eigenvalue weighted by Gasteiger charge is 2.13. The third kappa shape index (κ3) is 3.86. The molecular weight excluding hydrogens is 238 g/mol. The van der Waals surface area contributed by atoms with Crippen molar-refractivity contribution in [2.75, 3.05) is 6.54 Å². The summed E-state index contributed by atoms with van der Waals surface area (Å²) in [7, 11) is 1.79. The minimum Gasteiger partial charge on any atom is -0.313 e. The van der Waals surface area contributed by atoms with E-state index >= 15 is 0 Å². The van der Waals surface area contributed by atoms with Gasteiger partial charge in [0.15, 0.2) is 5.82 Å².